The summed E-state index contributed by atoms with van der Waals surface area (Å²) in [4.78, 5) is 2.41. The van der Waals surface area contributed by atoms with Crippen molar-refractivity contribution in [3.05, 3.63) is 243 Å². The lowest BCUT2D eigenvalue weighted by Crippen LogP contribution is -2.11. The molecular formula is C60H40N2. The summed E-state index contributed by atoms with van der Waals surface area (Å²) in [6.07, 6.45) is 0. The van der Waals surface area contributed by atoms with Crippen LogP contribution in [0.3, 0.4) is 0 Å². The van der Waals surface area contributed by atoms with Gasteiger partial charge < -0.3 is 9.47 Å². The zero-order chi connectivity index (χ0) is 41.0. The maximum absolute atomic E-state index is 2.43. The first-order chi connectivity index (χ1) is 30.8. The average molecular weight is 789 g/mol. The van der Waals surface area contributed by atoms with Crippen molar-refractivity contribution in [1.29, 1.82) is 0 Å². The summed E-state index contributed by atoms with van der Waals surface area (Å²) in [5.74, 6) is 0. The molecule has 0 atom stereocenters. The number of anilines is 3. The van der Waals surface area contributed by atoms with Gasteiger partial charge in [-0.15, -0.1) is 0 Å². The van der Waals surface area contributed by atoms with Crippen molar-refractivity contribution in [1.82, 2.24) is 4.57 Å². The fourth-order valence-electron chi connectivity index (χ4n) is 9.64. The van der Waals surface area contributed by atoms with Crippen LogP contribution in [0.5, 0.6) is 0 Å². The SMILES string of the molecule is c1ccc(-c2ccc(N(c3ccc(-c4ccc5ccc6c7ccccc7ccc6c5c4)cc3)c3ccccc3-c3ccccc3-n3c4ccccc4c4ccccc43)cc2)cc1. The summed E-state index contributed by atoms with van der Waals surface area (Å²) >= 11 is 0. The molecule has 290 valence electrons. The zero-order valence-electron chi connectivity index (χ0n) is 34.0. The lowest BCUT2D eigenvalue weighted by Gasteiger charge is -2.29. The van der Waals surface area contributed by atoms with Gasteiger partial charge in [0.05, 0.1) is 22.4 Å². The molecule has 0 N–H and O–H groups in total. The normalized spacial score (nSPS) is 11.5. The Balaban J connectivity index is 1.01. The van der Waals surface area contributed by atoms with E-state index in [0.29, 0.717) is 0 Å². The smallest absolute Gasteiger partial charge is 0.0541 e. The molecule has 0 bridgehead atoms. The van der Waals surface area contributed by atoms with Crippen LogP contribution < -0.4 is 4.90 Å². The van der Waals surface area contributed by atoms with Crippen LogP contribution in [0.25, 0.3) is 93.2 Å². The second-order valence-corrected chi connectivity index (χ2v) is 16.1. The Morgan fingerprint density at radius 2 is 0.742 bits per heavy atom. The van der Waals surface area contributed by atoms with Gasteiger partial charge in [-0.25, -0.2) is 0 Å². The van der Waals surface area contributed by atoms with Crippen molar-refractivity contribution in [2.24, 2.45) is 0 Å². The van der Waals surface area contributed by atoms with Gasteiger partial charge in [-0.05, 0) is 109 Å². The van der Waals surface area contributed by atoms with Crippen molar-refractivity contribution in [3.8, 4) is 39.1 Å². The van der Waals surface area contributed by atoms with E-state index in [9.17, 15) is 0 Å². The monoisotopic (exact) mass is 788 g/mol. The Bertz CT molecular complexity index is 3560. The molecule has 1 aromatic heterocycles. The quantitative estimate of drug-likeness (QED) is 0.146. The molecule has 0 aliphatic heterocycles. The molecular weight excluding hydrogens is 749 g/mol. The third-order valence-corrected chi connectivity index (χ3v) is 12.6. The number of nitrogens with zero attached hydrogens (tertiary/aromatic N) is 2. The van der Waals surface area contributed by atoms with E-state index in [2.05, 4.69) is 252 Å². The average Bonchev–Trinajstić information content (AvgIpc) is 3.69. The minimum Gasteiger partial charge on any atom is -0.310 e. The van der Waals surface area contributed by atoms with E-state index in [1.165, 1.54) is 76.4 Å². The van der Waals surface area contributed by atoms with E-state index in [0.717, 1.165) is 33.9 Å². The van der Waals surface area contributed by atoms with Gasteiger partial charge in [0.2, 0.25) is 0 Å². The topological polar surface area (TPSA) is 8.17 Å². The van der Waals surface area contributed by atoms with Crippen molar-refractivity contribution < 1.29 is 0 Å². The van der Waals surface area contributed by atoms with Crippen molar-refractivity contribution in [2.45, 2.75) is 0 Å². The Morgan fingerprint density at radius 1 is 0.274 bits per heavy atom. The van der Waals surface area contributed by atoms with Crippen LogP contribution >= 0.6 is 0 Å². The molecule has 0 amide bonds. The molecule has 2 nitrogen and oxygen atoms in total. The second-order valence-electron chi connectivity index (χ2n) is 16.1. The summed E-state index contributed by atoms with van der Waals surface area (Å²) in [5, 5.41) is 10.1. The molecule has 11 aromatic carbocycles. The van der Waals surface area contributed by atoms with Crippen LogP contribution in [0.2, 0.25) is 0 Å². The number of hydrogen-bond acceptors (Lipinski definition) is 1. The first-order valence-corrected chi connectivity index (χ1v) is 21.3. The standard InChI is InChI=1S/C60H40N2/c1-2-14-41(15-3-1)42-28-34-47(35-29-42)61(48-36-30-43(31-37-48)46-27-26-45-33-38-50-49-17-5-4-16-44(49)32-39-51(50)56(45)40-46)57-22-10-6-18-52(57)53-19-7-11-23-58(53)62-59-24-12-8-20-54(59)55-21-9-13-25-60(55)62/h1-40H. The molecule has 1 heterocycles. The number of aromatic nitrogens is 1. The van der Waals surface area contributed by atoms with Crippen LogP contribution in [0.1, 0.15) is 0 Å². The molecule has 0 saturated heterocycles. The Hall–Kier alpha value is -8.20. The summed E-state index contributed by atoms with van der Waals surface area (Å²) in [6, 6.07) is 88.5. The van der Waals surface area contributed by atoms with Crippen molar-refractivity contribution in [3.63, 3.8) is 0 Å². The number of rotatable bonds is 7. The van der Waals surface area contributed by atoms with Gasteiger partial charge in [-0.3, -0.25) is 0 Å². The fraction of sp³-hybridized carbons (Fsp3) is 0. The molecule has 0 spiro atoms. The van der Waals surface area contributed by atoms with Gasteiger partial charge in [0, 0.05) is 33.3 Å². The number of hydrogen-bond donors (Lipinski definition) is 0. The van der Waals surface area contributed by atoms with E-state index in [1.807, 2.05) is 0 Å². The van der Waals surface area contributed by atoms with Crippen LogP contribution in [0.15, 0.2) is 243 Å². The molecule has 0 radical (unpaired) electrons. The first kappa shape index (κ1) is 35.7. The predicted octanol–water partition coefficient (Wildman–Crippen LogP) is 16.7. The van der Waals surface area contributed by atoms with Gasteiger partial charge >= 0.3 is 0 Å². The molecule has 12 aromatic rings. The van der Waals surface area contributed by atoms with Crippen molar-refractivity contribution >= 4 is 71.2 Å². The van der Waals surface area contributed by atoms with Crippen LogP contribution in [0.4, 0.5) is 17.1 Å². The number of fused-ring (bicyclic) bond motifs is 8. The van der Waals surface area contributed by atoms with E-state index >= 15 is 0 Å². The molecule has 0 aliphatic carbocycles. The lowest BCUT2D eigenvalue weighted by molar-refractivity contribution is 1.18. The maximum atomic E-state index is 2.43. The first-order valence-electron chi connectivity index (χ1n) is 21.3. The second kappa shape index (κ2) is 14.8. The molecule has 0 fully saturated rings. The summed E-state index contributed by atoms with van der Waals surface area (Å²) < 4.78 is 2.43. The third-order valence-electron chi connectivity index (χ3n) is 12.6. The van der Waals surface area contributed by atoms with E-state index < -0.39 is 0 Å². The number of para-hydroxylation sites is 4. The molecule has 62 heavy (non-hydrogen) atoms. The summed E-state index contributed by atoms with van der Waals surface area (Å²) in [7, 11) is 0. The zero-order valence-corrected chi connectivity index (χ0v) is 34.0. The molecule has 0 unspecified atom stereocenters. The highest BCUT2D eigenvalue weighted by Crippen LogP contribution is 2.45. The maximum Gasteiger partial charge on any atom is 0.0541 e. The van der Waals surface area contributed by atoms with E-state index in [4.69, 9.17) is 0 Å². The van der Waals surface area contributed by atoms with E-state index in [-0.39, 0.29) is 0 Å². The predicted molar refractivity (Wildman–Crippen MR) is 264 cm³/mol. The van der Waals surface area contributed by atoms with E-state index in [1.54, 1.807) is 0 Å². The van der Waals surface area contributed by atoms with Gasteiger partial charge in [0.1, 0.15) is 0 Å². The number of benzene rings is 11. The minimum absolute atomic E-state index is 1.08. The van der Waals surface area contributed by atoms with Gasteiger partial charge in [-0.1, -0.05) is 188 Å². The fourth-order valence-corrected chi connectivity index (χ4v) is 9.64. The van der Waals surface area contributed by atoms with Gasteiger partial charge in [-0.2, -0.15) is 0 Å². The minimum atomic E-state index is 1.08. The highest BCUT2D eigenvalue weighted by atomic mass is 15.1. The molecule has 0 aliphatic rings. The molecule has 12 rings (SSSR count). The molecule has 0 saturated carbocycles. The highest BCUT2D eigenvalue weighted by Gasteiger charge is 2.21. The lowest BCUT2D eigenvalue weighted by atomic mass is 9.94. The largest absolute Gasteiger partial charge is 0.310 e. The summed E-state index contributed by atoms with van der Waals surface area (Å²) in [5.41, 5.74) is 13.9. The van der Waals surface area contributed by atoms with Crippen LogP contribution in [-0.4, -0.2) is 4.57 Å². The summed E-state index contributed by atoms with van der Waals surface area (Å²) in [6.45, 7) is 0. The Morgan fingerprint density at radius 3 is 1.44 bits per heavy atom. The molecule has 2 heteroatoms. The van der Waals surface area contributed by atoms with Gasteiger partial charge in [0.25, 0.3) is 0 Å². The Kier molecular flexibility index (Phi) is 8.53. The van der Waals surface area contributed by atoms with Gasteiger partial charge in [0.15, 0.2) is 0 Å². The third kappa shape index (κ3) is 5.96. The highest BCUT2D eigenvalue weighted by molar-refractivity contribution is 6.18. The van der Waals surface area contributed by atoms with Crippen LogP contribution in [-0.2, 0) is 0 Å². The Labute approximate surface area is 360 Å². The van der Waals surface area contributed by atoms with Crippen LogP contribution in [0, 0.1) is 0 Å². The van der Waals surface area contributed by atoms with Crippen molar-refractivity contribution in [2.75, 3.05) is 4.90 Å².